The molecule has 1 saturated heterocycles. The molecule has 0 spiro atoms. The second-order valence-electron chi connectivity index (χ2n) is 5.83. The lowest BCUT2D eigenvalue weighted by atomic mass is 9.93. The number of nitro groups is 1. The fraction of sp³-hybridized carbons (Fsp3) is 0.571. The Labute approximate surface area is 142 Å². The van der Waals surface area contributed by atoms with Crippen LogP contribution in [0, 0.1) is 23.0 Å². The maximum absolute atomic E-state index is 12.8. The maximum atomic E-state index is 12.8. The van der Waals surface area contributed by atoms with Gasteiger partial charge in [0.1, 0.15) is 0 Å². The average molecular weight is 364 g/mol. The summed E-state index contributed by atoms with van der Waals surface area (Å²) in [6, 6.07) is 3.84. The van der Waals surface area contributed by atoms with Crippen LogP contribution in [-0.2, 0) is 10.0 Å². The quantitative estimate of drug-likeness (QED) is 0.651. The van der Waals surface area contributed by atoms with Crippen LogP contribution in [0.25, 0.3) is 0 Å². The molecule has 0 amide bonds. The molecule has 1 aromatic rings. The molecule has 23 heavy (non-hydrogen) atoms. The molecule has 1 aliphatic rings. The number of benzene rings is 1. The highest BCUT2D eigenvalue weighted by molar-refractivity contribution is 7.89. The SMILES string of the molecule is Cc1ccc([N+](=O)[O-])cc1S(=O)(=O)N1CCCC(C(C)N)C1.Cl. The first-order valence-electron chi connectivity index (χ1n) is 7.24. The average Bonchev–Trinajstić information content (AvgIpc) is 2.47. The lowest BCUT2D eigenvalue weighted by molar-refractivity contribution is -0.385. The molecule has 0 saturated carbocycles. The maximum Gasteiger partial charge on any atom is 0.270 e. The molecule has 1 aliphatic heterocycles. The van der Waals surface area contributed by atoms with E-state index in [1.807, 2.05) is 6.92 Å². The summed E-state index contributed by atoms with van der Waals surface area (Å²) in [6.07, 6.45) is 1.65. The predicted octanol–water partition coefficient (Wildman–Crippen LogP) is 2.07. The van der Waals surface area contributed by atoms with Crippen molar-refractivity contribution >= 4 is 28.1 Å². The van der Waals surface area contributed by atoms with Gasteiger partial charge in [0.25, 0.3) is 5.69 Å². The molecule has 130 valence electrons. The molecule has 9 heteroatoms. The predicted molar refractivity (Wildman–Crippen MR) is 90.2 cm³/mol. The molecule has 1 heterocycles. The van der Waals surface area contributed by atoms with E-state index in [1.54, 1.807) is 6.92 Å². The van der Waals surface area contributed by atoms with E-state index in [2.05, 4.69) is 0 Å². The zero-order valence-corrected chi connectivity index (χ0v) is 14.8. The smallest absolute Gasteiger partial charge is 0.270 e. The molecule has 1 fully saturated rings. The van der Waals surface area contributed by atoms with E-state index in [1.165, 1.54) is 16.4 Å². The minimum absolute atomic E-state index is 0. The van der Waals surface area contributed by atoms with Gasteiger partial charge in [-0.05, 0) is 38.2 Å². The van der Waals surface area contributed by atoms with Crippen molar-refractivity contribution in [3.63, 3.8) is 0 Å². The van der Waals surface area contributed by atoms with Crippen molar-refractivity contribution in [2.24, 2.45) is 11.7 Å². The molecular formula is C14H22ClN3O4S. The topological polar surface area (TPSA) is 107 Å². The van der Waals surface area contributed by atoms with Gasteiger partial charge >= 0.3 is 0 Å². The highest BCUT2D eigenvalue weighted by atomic mass is 35.5. The van der Waals surface area contributed by atoms with E-state index < -0.39 is 14.9 Å². The Kier molecular flexibility index (Phi) is 6.52. The first-order chi connectivity index (χ1) is 10.2. The van der Waals surface area contributed by atoms with Crippen LogP contribution in [-0.4, -0.2) is 36.8 Å². The van der Waals surface area contributed by atoms with Crippen LogP contribution in [0.15, 0.2) is 23.1 Å². The minimum atomic E-state index is -3.74. The zero-order chi connectivity index (χ0) is 16.5. The Morgan fingerprint density at radius 2 is 2.09 bits per heavy atom. The van der Waals surface area contributed by atoms with E-state index in [0.29, 0.717) is 18.7 Å². The van der Waals surface area contributed by atoms with E-state index >= 15 is 0 Å². The molecule has 0 aliphatic carbocycles. The van der Waals surface area contributed by atoms with Gasteiger partial charge in [0.2, 0.25) is 10.0 Å². The molecule has 1 aromatic carbocycles. The summed E-state index contributed by atoms with van der Waals surface area (Å²) in [6.45, 7) is 4.30. The molecule has 2 atom stereocenters. The van der Waals surface area contributed by atoms with E-state index in [-0.39, 0.29) is 34.9 Å². The van der Waals surface area contributed by atoms with Gasteiger partial charge < -0.3 is 5.73 Å². The van der Waals surface area contributed by atoms with Crippen LogP contribution >= 0.6 is 12.4 Å². The molecule has 2 unspecified atom stereocenters. The summed E-state index contributed by atoms with van der Waals surface area (Å²) in [5.41, 5.74) is 6.18. The van der Waals surface area contributed by atoms with Gasteiger partial charge in [-0.25, -0.2) is 8.42 Å². The number of halogens is 1. The van der Waals surface area contributed by atoms with Crippen molar-refractivity contribution in [3.8, 4) is 0 Å². The van der Waals surface area contributed by atoms with Crippen molar-refractivity contribution in [1.82, 2.24) is 4.31 Å². The Morgan fingerprint density at radius 3 is 2.65 bits per heavy atom. The van der Waals surface area contributed by atoms with Gasteiger partial charge in [-0.15, -0.1) is 12.4 Å². The fourth-order valence-electron chi connectivity index (χ4n) is 2.74. The number of non-ortho nitro benzene ring substituents is 1. The number of piperidine rings is 1. The fourth-order valence-corrected chi connectivity index (χ4v) is 4.52. The van der Waals surface area contributed by atoms with Gasteiger partial charge in [-0.2, -0.15) is 4.31 Å². The third-order valence-corrected chi connectivity index (χ3v) is 6.17. The van der Waals surface area contributed by atoms with Crippen LogP contribution in [0.4, 0.5) is 5.69 Å². The van der Waals surface area contributed by atoms with Gasteiger partial charge in [0.05, 0.1) is 9.82 Å². The van der Waals surface area contributed by atoms with Crippen LogP contribution in [0.5, 0.6) is 0 Å². The van der Waals surface area contributed by atoms with E-state index in [0.717, 1.165) is 18.9 Å². The van der Waals surface area contributed by atoms with Crippen molar-refractivity contribution in [2.75, 3.05) is 13.1 Å². The Hall–Kier alpha value is -1.22. The summed E-state index contributed by atoms with van der Waals surface area (Å²) < 4.78 is 27.0. The van der Waals surface area contributed by atoms with Gasteiger partial charge in [0.15, 0.2) is 0 Å². The first kappa shape index (κ1) is 19.8. The standard InChI is InChI=1S/C14H21N3O4S.ClH/c1-10-5-6-13(17(18)19)8-14(10)22(20,21)16-7-3-4-12(9-16)11(2)15;/h5-6,8,11-12H,3-4,7,9,15H2,1-2H3;1H. The van der Waals surface area contributed by atoms with Gasteiger partial charge in [-0.3, -0.25) is 10.1 Å². The second kappa shape index (κ2) is 7.57. The highest BCUT2D eigenvalue weighted by Crippen LogP contribution is 2.28. The van der Waals surface area contributed by atoms with Crippen molar-refractivity contribution in [3.05, 3.63) is 33.9 Å². The molecule has 0 aromatic heterocycles. The Morgan fingerprint density at radius 1 is 1.43 bits per heavy atom. The monoisotopic (exact) mass is 363 g/mol. The molecule has 2 N–H and O–H groups in total. The lowest BCUT2D eigenvalue weighted by Crippen LogP contribution is -2.45. The summed E-state index contributed by atoms with van der Waals surface area (Å²) in [7, 11) is -3.74. The van der Waals surface area contributed by atoms with E-state index in [4.69, 9.17) is 5.73 Å². The number of hydrogen-bond donors (Lipinski definition) is 1. The normalized spacial score (nSPS) is 20.6. The minimum Gasteiger partial charge on any atom is -0.328 e. The third-order valence-electron chi connectivity index (χ3n) is 4.16. The molecule has 0 radical (unpaired) electrons. The van der Waals surface area contributed by atoms with Gasteiger partial charge in [0, 0.05) is 31.3 Å². The van der Waals surface area contributed by atoms with Crippen LogP contribution in [0.3, 0.4) is 0 Å². The van der Waals surface area contributed by atoms with Crippen molar-refractivity contribution < 1.29 is 13.3 Å². The zero-order valence-electron chi connectivity index (χ0n) is 13.1. The van der Waals surface area contributed by atoms with Crippen LogP contribution in [0.1, 0.15) is 25.3 Å². The number of nitro benzene ring substituents is 1. The van der Waals surface area contributed by atoms with E-state index in [9.17, 15) is 18.5 Å². The molecule has 7 nitrogen and oxygen atoms in total. The summed E-state index contributed by atoms with van der Waals surface area (Å²) in [5.74, 6) is 0.113. The summed E-state index contributed by atoms with van der Waals surface area (Å²) in [4.78, 5) is 10.3. The summed E-state index contributed by atoms with van der Waals surface area (Å²) in [5, 5.41) is 10.9. The number of rotatable bonds is 4. The number of nitrogens with two attached hydrogens (primary N) is 1. The number of hydrogen-bond acceptors (Lipinski definition) is 5. The molecule has 0 bridgehead atoms. The third kappa shape index (κ3) is 4.20. The number of sulfonamides is 1. The van der Waals surface area contributed by atoms with Crippen molar-refractivity contribution in [2.45, 2.75) is 37.6 Å². The molecule has 2 rings (SSSR count). The van der Waals surface area contributed by atoms with Crippen molar-refractivity contribution in [1.29, 1.82) is 0 Å². The van der Waals surface area contributed by atoms with Crippen LogP contribution < -0.4 is 5.73 Å². The lowest BCUT2D eigenvalue weighted by Gasteiger charge is -2.34. The largest absolute Gasteiger partial charge is 0.328 e. The number of aryl methyl sites for hydroxylation is 1. The Bertz CT molecular complexity index is 679. The van der Waals surface area contributed by atoms with Crippen LogP contribution in [0.2, 0.25) is 0 Å². The first-order valence-corrected chi connectivity index (χ1v) is 8.68. The van der Waals surface area contributed by atoms with Gasteiger partial charge in [-0.1, -0.05) is 6.07 Å². The second-order valence-corrected chi connectivity index (χ2v) is 7.74. The highest BCUT2D eigenvalue weighted by Gasteiger charge is 2.33. The summed E-state index contributed by atoms with van der Waals surface area (Å²) >= 11 is 0. The Balaban J connectivity index is 0.00000264. The number of nitrogens with zero attached hydrogens (tertiary/aromatic N) is 2. The molecular weight excluding hydrogens is 342 g/mol.